The summed E-state index contributed by atoms with van der Waals surface area (Å²) in [5.74, 6) is 0.991. The van der Waals surface area contributed by atoms with E-state index in [1.54, 1.807) is 43.3 Å². The SMILES string of the molecule is Cc1ccc(S(=O)(=O)Nc2cc(-c3noc(C)n3)ccn2)cc1. The fraction of sp³-hybridized carbons (Fsp3) is 0.133. The predicted molar refractivity (Wildman–Crippen MR) is 84.3 cm³/mol. The van der Waals surface area contributed by atoms with Crippen LogP contribution in [0.15, 0.2) is 52.0 Å². The van der Waals surface area contributed by atoms with Crippen LogP contribution in [-0.2, 0) is 10.0 Å². The van der Waals surface area contributed by atoms with Gasteiger partial charge in [-0.2, -0.15) is 4.98 Å². The summed E-state index contributed by atoms with van der Waals surface area (Å²) in [5, 5.41) is 3.80. The van der Waals surface area contributed by atoms with Crippen molar-refractivity contribution in [3.05, 3.63) is 54.0 Å². The number of nitrogens with zero attached hydrogens (tertiary/aromatic N) is 3. The molecule has 3 rings (SSSR count). The molecule has 1 aromatic carbocycles. The maximum Gasteiger partial charge on any atom is 0.263 e. The summed E-state index contributed by atoms with van der Waals surface area (Å²) >= 11 is 0. The first-order valence-electron chi connectivity index (χ1n) is 6.80. The lowest BCUT2D eigenvalue weighted by atomic mass is 10.2. The van der Waals surface area contributed by atoms with Crippen LogP contribution >= 0.6 is 0 Å². The lowest BCUT2D eigenvalue weighted by Crippen LogP contribution is -2.13. The van der Waals surface area contributed by atoms with Crippen LogP contribution < -0.4 is 4.72 Å². The fourth-order valence-corrected chi connectivity index (χ4v) is 2.96. The largest absolute Gasteiger partial charge is 0.339 e. The Labute approximate surface area is 133 Å². The Morgan fingerprint density at radius 2 is 1.83 bits per heavy atom. The van der Waals surface area contributed by atoms with Gasteiger partial charge >= 0.3 is 0 Å². The molecular formula is C15H14N4O3S. The van der Waals surface area contributed by atoms with Gasteiger partial charge < -0.3 is 4.52 Å². The maximum atomic E-state index is 12.4. The summed E-state index contributed by atoms with van der Waals surface area (Å²) in [4.78, 5) is 8.30. The van der Waals surface area contributed by atoms with Crippen LogP contribution in [0, 0.1) is 13.8 Å². The van der Waals surface area contributed by atoms with Crippen LogP contribution in [0.3, 0.4) is 0 Å². The zero-order valence-corrected chi connectivity index (χ0v) is 13.3. The summed E-state index contributed by atoms with van der Waals surface area (Å²) < 4.78 is 32.1. The molecule has 118 valence electrons. The highest BCUT2D eigenvalue weighted by molar-refractivity contribution is 7.92. The average Bonchev–Trinajstić information content (AvgIpc) is 2.94. The van der Waals surface area contributed by atoms with E-state index in [4.69, 9.17) is 4.52 Å². The van der Waals surface area contributed by atoms with Gasteiger partial charge in [0, 0.05) is 18.7 Å². The minimum Gasteiger partial charge on any atom is -0.339 e. The number of rotatable bonds is 4. The molecule has 2 heterocycles. The molecule has 0 fully saturated rings. The summed E-state index contributed by atoms with van der Waals surface area (Å²) in [7, 11) is -3.70. The Hall–Kier alpha value is -2.74. The van der Waals surface area contributed by atoms with Crippen molar-refractivity contribution in [1.29, 1.82) is 0 Å². The van der Waals surface area contributed by atoms with E-state index in [9.17, 15) is 8.42 Å². The number of sulfonamides is 1. The van der Waals surface area contributed by atoms with Gasteiger partial charge in [-0.25, -0.2) is 13.4 Å². The summed E-state index contributed by atoms with van der Waals surface area (Å²) in [6, 6.07) is 9.79. The van der Waals surface area contributed by atoms with Gasteiger partial charge in [0.1, 0.15) is 5.82 Å². The molecular weight excluding hydrogens is 316 g/mol. The summed E-state index contributed by atoms with van der Waals surface area (Å²) in [5.41, 5.74) is 1.59. The molecule has 7 nitrogen and oxygen atoms in total. The number of aromatic nitrogens is 3. The zero-order valence-electron chi connectivity index (χ0n) is 12.5. The third-order valence-corrected chi connectivity index (χ3v) is 4.49. The molecule has 2 aromatic heterocycles. The van der Waals surface area contributed by atoms with Gasteiger partial charge in [0.05, 0.1) is 4.90 Å². The second kappa shape index (κ2) is 5.81. The van der Waals surface area contributed by atoms with E-state index in [0.717, 1.165) is 5.56 Å². The molecule has 0 radical (unpaired) electrons. The maximum absolute atomic E-state index is 12.4. The fourth-order valence-electron chi connectivity index (χ4n) is 1.96. The van der Waals surface area contributed by atoms with Crippen molar-refractivity contribution in [3.63, 3.8) is 0 Å². The highest BCUT2D eigenvalue weighted by Crippen LogP contribution is 2.20. The molecule has 0 unspecified atom stereocenters. The first kappa shape index (κ1) is 15.2. The Balaban J connectivity index is 1.89. The van der Waals surface area contributed by atoms with Crippen molar-refractivity contribution in [2.45, 2.75) is 18.7 Å². The number of hydrogen-bond donors (Lipinski definition) is 1. The standard InChI is InChI=1S/C15H14N4O3S/c1-10-3-5-13(6-4-10)23(20,21)19-14-9-12(7-8-16-14)15-17-11(2)22-18-15/h3-9H,1-2H3,(H,16,19). The van der Waals surface area contributed by atoms with E-state index in [1.807, 2.05) is 6.92 Å². The lowest BCUT2D eigenvalue weighted by molar-refractivity contribution is 0.394. The molecule has 8 heteroatoms. The monoisotopic (exact) mass is 330 g/mol. The van der Waals surface area contributed by atoms with Crippen molar-refractivity contribution >= 4 is 15.8 Å². The second-order valence-corrected chi connectivity index (χ2v) is 6.67. The van der Waals surface area contributed by atoms with Gasteiger partial charge in [0.2, 0.25) is 11.7 Å². The Morgan fingerprint density at radius 1 is 1.09 bits per heavy atom. The lowest BCUT2D eigenvalue weighted by Gasteiger charge is -2.08. The molecule has 0 spiro atoms. The molecule has 23 heavy (non-hydrogen) atoms. The Kier molecular flexibility index (Phi) is 3.83. The quantitative estimate of drug-likeness (QED) is 0.789. The van der Waals surface area contributed by atoms with E-state index in [2.05, 4.69) is 19.8 Å². The third kappa shape index (κ3) is 3.37. The van der Waals surface area contributed by atoms with E-state index in [1.165, 1.54) is 6.20 Å². The first-order chi connectivity index (χ1) is 10.9. The summed E-state index contributed by atoms with van der Waals surface area (Å²) in [6.45, 7) is 3.57. The van der Waals surface area contributed by atoms with E-state index >= 15 is 0 Å². The molecule has 1 N–H and O–H groups in total. The third-order valence-electron chi connectivity index (χ3n) is 3.12. The van der Waals surface area contributed by atoms with Gasteiger partial charge in [-0.1, -0.05) is 22.9 Å². The number of aryl methyl sites for hydroxylation is 2. The van der Waals surface area contributed by atoms with Crippen LogP contribution in [-0.4, -0.2) is 23.5 Å². The van der Waals surface area contributed by atoms with Crippen molar-refractivity contribution < 1.29 is 12.9 Å². The second-order valence-electron chi connectivity index (χ2n) is 4.99. The summed E-state index contributed by atoms with van der Waals surface area (Å²) in [6.07, 6.45) is 1.48. The molecule has 0 bridgehead atoms. The van der Waals surface area contributed by atoms with Gasteiger partial charge in [0.15, 0.2) is 0 Å². The Morgan fingerprint density at radius 3 is 2.48 bits per heavy atom. The minimum absolute atomic E-state index is 0.172. The molecule has 0 saturated carbocycles. The van der Waals surface area contributed by atoms with Crippen LogP contribution in [0.5, 0.6) is 0 Å². The number of benzene rings is 1. The topological polar surface area (TPSA) is 98.0 Å². The number of hydrogen-bond acceptors (Lipinski definition) is 6. The van der Waals surface area contributed by atoms with E-state index < -0.39 is 10.0 Å². The molecule has 0 saturated heterocycles. The highest BCUT2D eigenvalue weighted by Gasteiger charge is 2.15. The van der Waals surface area contributed by atoms with Gasteiger partial charge in [0.25, 0.3) is 10.0 Å². The zero-order chi connectivity index (χ0) is 16.4. The molecule has 0 atom stereocenters. The van der Waals surface area contributed by atoms with E-state index in [-0.39, 0.29) is 10.7 Å². The highest BCUT2D eigenvalue weighted by atomic mass is 32.2. The van der Waals surface area contributed by atoms with Crippen molar-refractivity contribution in [3.8, 4) is 11.4 Å². The normalized spacial score (nSPS) is 11.4. The smallest absolute Gasteiger partial charge is 0.263 e. The molecule has 0 amide bonds. The van der Waals surface area contributed by atoms with Crippen molar-refractivity contribution in [2.75, 3.05) is 4.72 Å². The van der Waals surface area contributed by atoms with Crippen molar-refractivity contribution in [2.24, 2.45) is 0 Å². The van der Waals surface area contributed by atoms with Crippen molar-refractivity contribution in [1.82, 2.24) is 15.1 Å². The minimum atomic E-state index is -3.70. The molecule has 0 aliphatic heterocycles. The van der Waals surface area contributed by atoms with Gasteiger partial charge in [-0.3, -0.25) is 4.72 Å². The molecule has 0 aliphatic rings. The molecule has 0 aliphatic carbocycles. The number of anilines is 1. The van der Waals surface area contributed by atoms with Crippen LogP contribution in [0.1, 0.15) is 11.5 Å². The van der Waals surface area contributed by atoms with E-state index in [0.29, 0.717) is 17.3 Å². The van der Waals surface area contributed by atoms with Crippen LogP contribution in [0.2, 0.25) is 0 Å². The average molecular weight is 330 g/mol. The van der Waals surface area contributed by atoms with Crippen LogP contribution in [0.25, 0.3) is 11.4 Å². The van der Waals surface area contributed by atoms with Gasteiger partial charge in [-0.05, 0) is 31.2 Å². The van der Waals surface area contributed by atoms with Gasteiger partial charge in [-0.15, -0.1) is 0 Å². The van der Waals surface area contributed by atoms with Crippen LogP contribution in [0.4, 0.5) is 5.82 Å². The predicted octanol–water partition coefficient (Wildman–Crippen LogP) is 2.55. The Bertz CT molecular complexity index is 933. The number of pyridine rings is 1. The molecule has 3 aromatic rings. The number of nitrogens with one attached hydrogen (secondary N) is 1. The first-order valence-corrected chi connectivity index (χ1v) is 8.28.